The molecule has 2 unspecified atom stereocenters. The fourth-order valence-corrected chi connectivity index (χ4v) is 2.27. The number of nitrogens with zero attached hydrogens (tertiary/aromatic N) is 2. The Balaban J connectivity index is 2.09. The summed E-state index contributed by atoms with van der Waals surface area (Å²) >= 11 is 0. The molecule has 90 valence electrons. The highest BCUT2D eigenvalue weighted by molar-refractivity contribution is 5.08. The molecule has 1 fully saturated rings. The average molecular weight is 223 g/mol. The third-order valence-corrected chi connectivity index (χ3v) is 3.06. The van der Waals surface area contributed by atoms with Crippen molar-refractivity contribution in [2.75, 3.05) is 13.2 Å². The van der Waals surface area contributed by atoms with Gasteiger partial charge in [-0.25, -0.2) is 0 Å². The van der Waals surface area contributed by atoms with Gasteiger partial charge in [0.05, 0.1) is 17.8 Å². The number of ether oxygens (including phenoxy) is 1. The smallest absolute Gasteiger partial charge is 0.0820 e. The van der Waals surface area contributed by atoms with Gasteiger partial charge in [0, 0.05) is 19.9 Å². The summed E-state index contributed by atoms with van der Waals surface area (Å²) in [5, 5.41) is 7.96. The molecule has 1 aliphatic heterocycles. The first-order valence-corrected chi connectivity index (χ1v) is 6.15. The van der Waals surface area contributed by atoms with E-state index in [0.29, 0.717) is 0 Å². The average Bonchev–Trinajstić information content (AvgIpc) is 2.74. The molecule has 0 spiro atoms. The van der Waals surface area contributed by atoms with Crippen molar-refractivity contribution in [1.82, 2.24) is 15.1 Å². The summed E-state index contributed by atoms with van der Waals surface area (Å²) in [6.07, 6.45) is 5.86. The zero-order chi connectivity index (χ0) is 11.4. The summed E-state index contributed by atoms with van der Waals surface area (Å²) in [6, 6.07) is 2.32. The fourth-order valence-electron chi connectivity index (χ4n) is 2.27. The zero-order valence-corrected chi connectivity index (χ0v) is 10.1. The Hall–Kier alpha value is -0.870. The van der Waals surface area contributed by atoms with E-state index >= 15 is 0 Å². The molecule has 16 heavy (non-hydrogen) atoms. The topological polar surface area (TPSA) is 39.1 Å². The quantitative estimate of drug-likeness (QED) is 0.843. The van der Waals surface area contributed by atoms with E-state index in [1.165, 1.54) is 12.8 Å². The lowest BCUT2D eigenvalue weighted by Gasteiger charge is -2.29. The molecule has 2 rings (SSSR count). The van der Waals surface area contributed by atoms with Crippen LogP contribution in [0.1, 0.15) is 37.9 Å². The number of rotatable bonds is 4. The van der Waals surface area contributed by atoms with Crippen LogP contribution < -0.4 is 5.32 Å². The molecular formula is C12H21N3O. The Labute approximate surface area is 97.0 Å². The summed E-state index contributed by atoms with van der Waals surface area (Å²) in [7, 11) is 1.95. The number of hydrogen-bond acceptors (Lipinski definition) is 3. The summed E-state index contributed by atoms with van der Waals surface area (Å²) in [4.78, 5) is 0. The van der Waals surface area contributed by atoms with Gasteiger partial charge in [-0.05, 0) is 31.9 Å². The summed E-state index contributed by atoms with van der Waals surface area (Å²) in [6.45, 7) is 3.96. The van der Waals surface area contributed by atoms with Gasteiger partial charge < -0.3 is 10.1 Å². The Morgan fingerprint density at radius 3 is 3.06 bits per heavy atom. The van der Waals surface area contributed by atoms with Gasteiger partial charge in [0.2, 0.25) is 0 Å². The zero-order valence-electron chi connectivity index (χ0n) is 10.1. The van der Waals surface area contributed by atoms with Gasteiger partial charge in [-0.15, -0.1) is 0 Å². The van der Waals surface area contributed by atoms with E-state index in [1.807, 2.05) is 17.9 Å². The Morgan fingerprint density at radius 1 is 1.62 bits per heavy atom. The van der Waals surface area contributed by atoms with Crippen LogP contribution in [-0.4, -0.2) is 29.0 Å². The largest absolute Gasteiger partial charge is 0.376 e. The van der Waals surface area contributed by atoms with E-state index in [1.54, 1.807) is 0 Å². The second-order valence-corrected chi connectivity index (χ2v) is 4.35. The maximum Gasteiger partial charge on any atom is 0.0820 e. The van der Waals surface area contributed by atoms with Crippen LogP contribution in [0.3, 0.4) is 0 Å². The van der Waals surface area contributed by atoms with Gasteiger partial charge in [-0.1, -0.05) is 6.92 Å². The van der Waals surface area contributed by atoms with E-state index in [2.05, 4.69) is 23.4 Å². The molecule has 1 aromatic rings. The maximum absolute atomic E-state index is 5.84. The minimum Gasteiger partial charge on any atom is -0.376 e. The molecule has 0 aromatic carbocycles. The highest BCUT2D eigenvalue weighted by atomic mass is 16.5. The molecule has 1 aromatic heterocycles. The van der Waals surface area contributed by atoms with Gasteiger partial charge in [0.1, 0.15) is 0 Å². The van der Waals surface area contributed by atoms with Crippen molar-refractivity contribution in [2.24, 2.45) is 7.05 Å². The second kappa shape index (κ2) is 5.46. The number of likely N-dealkylation sites (N-methyl/N-ethyl adjacent to an activating group) is 1. The predicted octanol–water partition coefficient (Wildman–Crippen LogP) is 1.64. The second-order valence-electron chi connectivity index (χ2n) is 4.35. The van der Waals surface area contributed by atoms with Crippen molar-refractivity contribution >= 4 is 0 Å². The number of aromatic nitrogens is 2. The first-order chi connectivity index (χ1) is 7.81. The lowest BCUT2D eigenvalue weighted by molar-refractivity contribution is -0.00883. The van der Waals surface area contributed by atoms with Crippen LogP contribution in [0.25, 0.3) is 0 Å². The molecule has 1 saturated heterocycles. The van der Waals surface area contributed by atoms with Gasteiger partial charge >= 0.3 is 0 Å². The van der Waals surface area contributed by atoms with E-state index in [0.717, 1.165) is 25.3 Å². The molecule has 2 atom stereocenters. The number of nitrogens with one attached hydrogen (secondary N) is 1. The molecule has 0 aliphatic carbocycles. The highest BCUT2D eigenvalue weighted by Gasteiger charge is 2.26. The lowest BCUT2D eigenvalue weighted by Crippen LogP contribution is -2.36. The van der Waals surface area contributed by atoms with Crippen LogP contribution >= 0.6 is 0 Å². The van der Waals surface area contributed by atoms with Crippen LogP contribution in [0.15, 0.2) is 12.3 Å². The van der Waals surface area contributed by atoms with Gasteiger partial charge in [-0.2, -0.15) is 5.10 Å². The fraction of sp³-hybridized carbons (Fsp3) is 0.750. The molecule has 1 aliphatic rings. The third kappa shape index (κ3) is 2.62. The first-order valence-electron chi connectivity index (χ1n) is 6.15. The van der Waals surface area contributed by atoms with Crippen LogP contribution in [0.4, 0.5) is 0 Å². The van der Waals surface area contributed by atoms with Crippen LogP contribution in [0, 0.1) is 0 Å². The molecule has 1 N–H and O–H groups in total. The van der Waals surface area contributed by atoms with Crippen molar-refractivity contribution in [1.29, 1.82) is 0 Å². The maximum atomic E-state index is 5.84. The Morgan fingerprint density at radius 2 is 2.50 bits per heavy atom. The molecule has 4 heteroatoms. The van der Waals surface area contributed by atoms with E-state index in [4.69, 9.17) is 4.74 Å². The summed E-state index contributed by atoms with van der Waals surface area (Å²) in [5.74, 6) is 0. The van der Waals surface area contributed by atoms with Crippen molar-refractivity contribution in [3.05, 3.63) is 18.0 Å². The van der Waals surface area contributed by atoms with Crippen LogP contribution in [0.2, 0.25) is 0 Å². The lowest BCUT2D eigenvalue weighted by atomic mass is 9.99. The normalized spacial score (nSPS) is 23.2. The van der Waals surface area contributed by atoms with Gasteiger partial charge in [-0.3, -0.25) is 4.68 Å². The Bertz CT molecular complexity index is 318. The molecule has 0 amide bonds. The third-order valence-electron chi connectivity index (χ3n) is 3.06. The molecule has 4 nitrogen and oxygen atoms in total. The number of aryl methyl sites for hydroxylation is 1. The van der Waals surface area contributed by atoms with Crippen molar-refractivity contribution < 1.29 is 4.74 Å². The molecule has 0 bridgehead atoms. The molecule has 0 radical (unpaired) electrons. The van der Waals surface area contributed by atoms with Crippen molar-refractivity contribution in [3.63, 3.8) is 0 Å². The minimum absolute atomic E-state index is 0.242. The highest BCUT2D eigenvalue weighted by Crippen LogP contribution is 2.25. The van der Waals surface area contributed by atoms with E-state index < -0.39 is 0 Å². The molecule has 2 heterocycles. The minimum atomic E-state index is 0.242. The Kier molecular flexibility index (Phi) is 3.96. The summed E-state index contributed by atoms with van der Waals surface area (Å²) < 4.78 is 7.69. The van der Waals surface area contributed by atoms with Crippen LogP contribution in [0.5, 0.6) is 0 Å². The molecular weight excluding hydrogens is 202 g/mol. The van der Waals surface area contributed by atoms with Crippen molar-refractivity contribution in [3.8, 4) is 0 Å². The SMILES string of the molecule is CCNC(c1ccn(C)n1)C1CCCCO1. The first kappa shape index (κ1) is 11.6. The van der Waals surface area contributed by atoms with E-state index in [9.17, 15) is 0 Å². The number of hydrogen-bond donors (Lipinski definition) is 1. The summed E-state index contributed by atoms with van der Waals surface area (Å²) in [5.41, 5.74) is 1.09. The van der Waals surface area contributed by atoms with Crippen molar-refractivity contribution in [2.45, 2.75) is 38.3 Å². The molecule has 0 saturated carbocycles. The standard InChI is InChI=1S/C12H21N3O/c1-3-13-12(10-7-8-15(2)14-10)11-6-4-5-9-16-11/h7-8,11-13H,3-6,9H2,1-2H3. The van der Waals surface area contributed by atoms with Gasteiger partial charge in [0.25, 0.3) is 0 Å². The van der Waals surface area contributed by atoms with Gasteiger partial charge in [0.15, 0.2) is 0 Å². The van der Waals surface area contributed by atoms with E-state index in [-0.39, 0.29) is 12.1 Å². The predicted molar refractivity (Wildman–Crippen MR) is 63.2 cm³/mol. The monoisotopic (exact) mass is 223 g/mol. The van der Waals surface area contributed by atoms with Crippen LogP contribution in [-0.2, 0) is 11.8 Å².